The normalized spacial score (nSPS) is 12.5. The standard InChI is InChI=1S/C12H15Cl2N/c1-3-4-5-12(15-2)10-7-6-9(13)8-11(10)14/h3,6-8,12,15H,1,4-5H2,2H3. The van der Waals surface area contributed by atoms with Gasteiger partial charge in [-0.3, -0.25) is 0 Å². The molecule has 0 aromatic heterocycles. The van der Waals surface area contributed by atoms with Crippen LogP contribution < -0.4 is 5.32 Å². The van der Waals surface area contributed by atoms with Crippen molar-refractivity contribution in [2.75, 3.05) is 7.05 Å². The lowest BCUT2D eigenvalue weighted by Gasteiger charge is -2.17. The van der Waals surface area contributed by atoms with Crippen LogP contribution in [-0.2, 0) is 0 Å². The van der Waals surface area contributed by atoms with E-state index in [2.05, 4.69) is 11.9 Å². The fraction of sp³-hybridized carbons (Fsp3) is 0.333. The van der Waals surface area contributed by atoms with E-state index in [9.17, 15) is 0 Å². The van der Waals surface area contributed by atoms with E-state index in [0.29, 0.717) is 10.0 Å². The molecule has 0 aliphatic rings. The van der Waals surface area contributed by atoms with Crippen LogP contribution in [0.4, 0.5) is 0 Å². The fourth-order valence-corrected chi connectivity index (χ4v) is 2.06. The van der Waals surface area contributed by atoms with E-state index >= 15 is 0 Å². The summed E-state index contributed by atoms with van der Waals surface area (Å²) in [6.45, 7) is 3.72. The second-order valence-electron chi connectivity index (χ2n) is 3.37. The molecular weight excluding hydrogens is 229 g/mol. The smallest absolute Gasteiger partial charge is 0.0468 e. The summed E-state index contributed by atoms with van der Waals surface area (Å²) in [5.74, 6) is 0. The highest BCUT2D eigenvalue weighted by molar-refractivity contribution is 6.35. The summed E-state index contributed by atoms with van der Waals surface area (Å²) in [5, 5.41) is 4.62. The molecular formula is C12H15Cl2N. The van der Waals surface area contributed by atoms with Gasteiger partial charge >= 0.3 is 0 Å². The van der Waals surface area contributed by atoms with Crippen molar-refractivity contribution in [3.8, 4) is 0 Å². The number of benzene rings is 1. The molecule has 0 saturated carbocycles. The highest BCUT2D eigenvalue weighted by Crippen LogP contribution is 2.28. The summed E-state index contributed by atoms with van der Waals surface area (Å²) in [6.07, 6.45) is 3.86. The number of halogens is 2. The zero-order valence-corrected chi connectivity index (χ0v) is 10.3. The van der Waals surface area contributed by atoms with Gasteiger partial charge < -0.3 is 5.32 Å². The zero-order chi connectivity index (χ0) is 11.3. The SMILES string of the molecule is C=CCCC(NC)c1ccc(Cl)cc1Cl. The van der Waals surface area contributed by atoms with Gasteiger partial charge in [0.1, 0.15) is 0 Å². The lowest BCUT2D eigenvalue weighted by molar-refractivity contribution is 0.555. The predicted octanol–water partition coefficient (Wildman–Crippen LogP) is 4.22. The molecule has 0 saturated heterocycles. The summed E-state index contributed by atoms with van der Waals surface area (Å²) < 4.78 is 0. The molecule has 0 aliphatic carbocycles. The molecule has 1 N–H and O–H groups in total. The van der Waals surface area contributed by atoms with E-state index in [-0.39, 0.29) is 6.04 Å². The van der Waals surface area contributed by atoms with Gasteiger partial charge in [0.2, 0.25) is 0 Å². The highest BCUT2D eigenvalue weighted by atomic mass is 35.5. The minimum atomic E-state index is 0.257. The number of hydrogen-bond donors (Lipinski definition) is 1. The Labute approximate surface area is 101 Å². The van der Waals surface area contributed by atoms with Crippen LogP contribution in [0, 0.1) is 0 Å². The Kier molecular flexibility index (Phi) is 5.16. The van der Waals surface area contributed by atoms with Gasteiger partial charge in [-0.1, -0.05) is 35.3 Å². The van der Waals surface area contributed by atoms with Crippen LogP contribution in [0.3, 0.4) is 0 Å². The van der Waals surface area contributed by atoms with Gasteiger partial charge in [-0.05, 0) is 37.6 Å². The third-order valence-corrected chi connectivity index (χ3v) is 2.91. The van der Waals surface area contributed by atoms with Crippen molar-refractivity contribution in [1.29, 1.82) is 0 Å². The van der Waals surface area contributed by atoms with E-state index in [1.54, 1.807) is 6.07 Å². The molecule has 1 rings (SSSR count). The number of rotatable bonds is 5. The lowest BCUT2D eigenvalue weighted by Crippen LogP contribution is -2.16. The van der Waals surface area contributed by atoms with E-state index in [0.717, 1.165) is 18.4 Å². The van der Waals surface area contributed by atoms with E-state index in [1.807, 2.05) is 25.3 Å². The Balaban J connectivity index is 2.86. The minimum Gasteiger partial charge on any atom is -0.313 e. The molecule has 82 valence electrons. The molecule has 1 aromatic carbocycles. The average molecular weight is 244 g/mol. The Morgan fingerprint density at radius 2 is 2.20 bits per heavy atom. The second-order valence-corrected chi connectivity index (χ2v) is 4.22. The molecule has 0 heterocycles. The van der Waals surface area contributed by atoms with Gasteiger partial charge in [0.15, 0.2) is 0 Å². The number of nitrogens with one attached hydrogen (secondary N) is 1. The van der Waals surface area contributed by atoms with Crippen LogP contribution in [-0.4, -0.2) is 7.05 Å². The van der Waals surface area contributed by atoms with Crippen molar-refractivity contribution in [1.82, 2.24) is 5.32 Å². The molecule has 1 atom stereocenters. The van der Waals surface area contributed by atoms with Crippen LogP contribution in [0.2, 0.25) is 10.0 Å². The average Bonchev–Trinajstić information content (AvgIpc) is 2.21. The molecule has 1 nitrogen and oxygen atoms in total. The van der Waals surface area contributed by atoms with E-state index in [1.165, 1.54) is 0 Å². The third kappa shape index (κ3) is 3.53. The largest absolute Gasteiger partial charge is 0.313 e. The van der Waals surface area contributed by atoms with Crippen LogP contribution in [0.25, 0.3) is 0 Å². The first-order chi connectivity index (χ1) is 7.19. The van der Waals surface area contributed by atoms with E-state index < -0.39 is 0 Å². The van der Waals surface area contributed by atoms with Crippen molar-refractivity contribution < 1.29 is 0 Å². The molecule has 1 unspecified atom stereocenters. The first-order valence-corrected chi connectivity index (χ1v) is 5.67. The Bertz CT molecular complexity index is 336. The first kappa shape index (κ1) is 12.6. The first-order valence-electron chi connectivity index (χ1n) is 4.92. The molecule has 15 heavy (non-hydrogen) atoms. The molecule has 0 amide bonds. The van der Waals surface area contributed by atoms with Crippen molar-refractivity contribution in [2.45, 2.75) is 18.9 Å². The Morgan fingerprint density at radius 1 is 1.47 bits per heavy atom. The van der Waals surface area contributed by atoms with Crippen molar-refractivity contribution in [3.63, 3.8) is 0 Å². The summed E-state index contributed by atoms with van der Waals surface area (Å²) >= 11 is 12.0. The molecule has 0 fully saturated rings. The van der Waals surface area contributed by atoms with Gasteiger partial charge in [0, 0.05) is 16.1 Å². The fourth-order valence-electron chi connectivity index (χ4n) is 1.52. The Hall–Kier alpha value is -0.500. The van der Waals surface area contributed by atoms with Crippen LogP contribution in [0.5, 0.6) is 0 Å². The summed E-state index contributed by atoms with van der Waals surface area (Å²) in [5.41, 5.74) is 1.09. The third-order valence-electron chi connectivity index (χ3n) is 2.35. The monoisotopic (exact) mass is 243 g/mol. The van der Waals surface area contributed by atoms with Crippen molar-refractivity contribution >= 4 is 23.2 Å². The Morgan fingerprint density at radius 3 is 2.73 bits per heavy atom. The molecule has 0 bridgehead atoms. The second kappa shape index (κ2) is 6.16. The summed E-state index contributed by atoms with van der Waals surface area (Å²) in [4.78, 5) is 0. The maximum absolute atomic E-state index is 6.13. The van der Waals surface area contributed by atoms with Gasteiger partial charge in [-0.15, -0.1) is 6.58 Å². The van der Waals surface area contributed by atoms with Crippen LogP contribution in [0.15, 0.2) is 30.9 Å². The van der Waals surface area contributed by atoms with Gasteiger partial charge in [0.25, 0.3) is 0 Å². The van der Waals surface area contributed by atoms with Crippen LogP contribution in [0.1, 0.15) is 24.4 Å². The van der Waals surface area contributed by atoms with Crippen LogP contribution >= 0.6 is 23.2 Å². The van der Waals surface area contributed by atoms with Crippen molar-refractivity contribution in [2.24, 2.45) is 0 Å². The maximum Gasteiger partial charge on any atom is 0.0468 e. The van der Waals surface area contributed by atoms with E-state index in [4.69, 9.17) is 23.2 Å². The zero-order valence-electron chi connectivity index (χ0n) is 8.76. The molecule has 3 heteroatoms. The number of allylic oxidation sites excluding steroid dienone is 1. The topological polar surface area (TPSA) is 12.0 Å². The quantitative estimate of drug-likeness (QED) is 0.764. The van der Waals surface area contributed by atoms with Gasteiger partial charge in [0.05, 0.1) is 0 Å². The van der Waals surface area contributed by atoms with Crippen molar-refractivity contribution in [3.05, 3.63) is 46.5 Å². The molecule has 1 aromatic rings. The van der Waals surface area contributed by atoms with Gasteiger partial charge in [-0.2, -0.15) is 0 Å². The molecule has 0 aliphatic heterocycles. The predicted molar refractivity (Wildman–Crippen MR) is 67.7 cm³/mol. The minimum absolute atomic E-state index is 0.257. The molecule has 0 radical (unpaired) electrons. The van der Waals surface area contributed by atoms with Gasteiger partial charge in [-0.25, -0.2) is 0 Å². The summed E-state index contributed by atoms with van der Waals surface area (Å²) in [7, 11) is 1.93. The number of hydrogen-bond acceptors (Lipinski definition) is 1. The summed E-state index contributed by atoms with van der Waals surface area (Å²) in [6, 6.07) is 5.86. The maximum atomic E-state index is 6.13. The molecule has 0 spiro atoms. The highest BCUT2D eigenvalue weighted by Gasteiger charge is 2.11. The lowest BCUT2D eigenvalue weighted by atomic mass is 10.0.